The van der Waals surface area contributed by atoms with Crippen LogP contribution in [0.5, 0.6) is 0 Å². The minimum atomic E-state index is -3.44. The van der Waals surface area contributed by atoms with Gasteiger partial charge in [-0.2, -0.15) is 0 Å². The minimum absolute atomic E-state index is 0.0648. The summed E-state index contributed by atoms with van der Waals surface area (Å²) in [4.78, 5) is 11.0. The zero-order valence-corrected chi connectivity index (χ0v) is 9.97. The van der Waals surface area contributed by atoms with Gasteiger partial charge in [-0.25, -0.2) is 13.1 Å². The fourth-order valence-electron chi connectivity index (χ4n) is 1.23. The van der Waals surface area contributed by atoms with Gasteiger partial charge >= 0.3 is 5.97 Å². The topological polar surface area (TPSA) is 83.5 Å². The Labute approximate surface area is 97.2 Å². The lowest BCUT2D eigenvalue weighted by Crippen LogP contribution is -2.24. The van der Waals surface area contributed by atoms with Gasteiger partial charge in [0.15, 0.2) is 0 Å². The molecule has 1 aliphatic carbocycles. The predicted molar refractivity (Wildman–Crippen MR) is 59.0 cm³/mol. The van der Waals surface area contributed by atoms with E-state index in [2.05, 4.69) is 4.72 Å². The van der Waals surface area contributed by atoms with Crippen molar-refractivity contribution in [3.8, 4) is 0 Å². The Morgan fingerprint density at radius 3 is 2.75 bits per heavy atom. The van der Waals surface area contributed by atoms with E-state index in [9.17, 15) is 13.2 Å². The third-order valence-electron chi connectivity index (χ3n) is 2.13. The van der Waals surface area contributed by atoms with Crippen LogP contribution in [-0.4, -0.2) is 25.5 Å². The van der Waals surface area contributed by atoms with Crippen LogP contribution in [0.1, 0.15) is 17.7 Å². The maximum absolute atomic E-state index is 11.7. The average molecular weight is 261 g/mol. The van der Waals surface area contributed by atoms with Crippen molar-refractivity contribution in [3.05, 3.63) is 17.0 Å². The summed E-state index contributed by atoms with van der Waals surface area (Å²) in [7, 11) is -3.44. The Balaban J connectivity index is 2.13. The molecule has 2 N–H and O–H groups in total. The number of hydrogen-bond acceptors (Lipinski definition) is 4. The first kappa shape index (κ1) is 11.6. The van der Waals surface area contributed by atoms with Crippen molar-refractivity contribution in [1.29, 1.82) is 0 Å². The molecule has 1 saturated carbocycles. The first-order valence-corrected chi connectivity index (χ1v) is 7.10. The van der Waals surface area contributed by atoms with Gasteiger partial charge < -0.3 is 5.11 Å². The first-order valence-electron chi connectivity index (χ1n) is 4.80. The highest BCUT2D eigenvalue weighted by atomic mass is 32.2. The molecule has 1 aromatic rings. The number of thiophene rings is 1. The van der Waals surface area contributed by atoms with E-state index >= 15 is 0 Å². The van der Waals surface area contributed by atoms with Crippen molar-refractivity contribution in [3.63, 3.8) is 0 Å². The monoisotopic (exact) mass is 261 g/mol. The number of carboxylic acid groups (broad SMARTS) is 1. The number of nitrogens with one attached hydrogen (secondary N) is 1. The first-order chi connectivity index (χ1) is 7.47. The molecule has 88 valence electrons. The molecule has 0 amide bonds. The predicted octanol–water partition coefficient (Wildman–Crippen LogP) is 0.816. The second-order valence-corrected chi connectivity index (χ2v) is 6.80. The van der Waals surface area contributed by atoms with Crippen LogP contribution in [0.4, 0.5) is 0 Å². The minimum Gasteiger partial charge on any atom is -0.481 e. The number of rotatable bonds is 5. The molecule has 2 rings (SSSR count). The van der Waals surface area contributed by atoms with Crippen LogP contribution in [0, 0.1) is 0 Å². The summed E-state index contributed by atoms with van der Waals surface area (Å²) in [5.41, 5.74) is 0. The van der Waals surface area contributed by atoms with Gasteiger partial charge in [0, 0.05) is 10.9 Å². The van der Waals surface area contributed by atoms with Gasteiger partial charge in [-0.1, -0.05) is 0 Å². The lowest BCUT2D eigenvalue weighted by molar-refractivity contribution is -0.136. The molecule has 0 unspecified atom stereocenters. The average Bonchev–Trinajstić information content (AvgIpc) is 2.80. The highest BCUT2D eigenvalue weighted by Crippen LogP contribution is 2.26. The van der Waals surface area contributed by atoms with Crippen LogP contribution >= 0.6 is 11.3 Å². The number of carboxylic acids is 1. The van der Waals surface area contributed by atoms with Crippen molar-refractivity contribution in [2.75, 3.05) is 0 Å². The van der Waals surface area contributed by atoms with Gasteiger partial charge in [0.05, 0.1) is 6.42 Å². The van der Waals surface area contributed by atoms with Gasteiger partial charge in [0.25, 0.3) is 0 Å². The summed E-state index contributed by atoms with van der Waals surface area (Å²) >= 11 is 1.01. The Morgan fingerprint density at radius 2 is 2.19 bits per heavy atom. The van der Waals surface area contributed by atoms with Gasteiger partial charge in [-0.3, -0.25) is 4.79 Å². The third-order valence-corrected chi connectivity index (χ3v) is 5.22. The molecule has 0 aromatic carbocycles. The van der Waals surface area contributed by atoms with Crippen molar-refractivity contribution in [2.45, 2.75) is 29.5 Å². The lowest BCUT2D eigenvalue weighted by atomic mass is 10.3. The van der Waals surface area contributed by atoms with E-state index < -0.39 is 16.0 Å². The Bertz CT molecular complexity index is 501. The molecule has 0 atom stereocenters. The van der Waals surface area contributed by atoms with Crippen molar-refractivity contribution in [2.24, 2.45) is 0 Å². The van der Waals surface area contributed by atoms with Crippen LogP contribution in [-0.2, 0) is 21.2 Å². The number of sulfonamides is 1. The molecule has 0 bridgehead atoms. The summed E-state index contributed by atoms with van der Waals surface area (Å²) in [5, 5.41) is 8.58. The fraction of sp³-hybridized carbons (Fsp3) is 0.444. The van der Waals surface area contributed by atoms with Crippen LogP contribution < -0.4 is 4.72 Å². The SMILES string of the molecule is O=C(O)Cc1ccc(S(=O)(=O)NC2CC2)s1. The van der Waals surface area contributed by atoms with E-state index in [1.165, 1.54) is 6.07 Å². The van der Waals surface area contributed by atoms with E-state index in [0.29, 0.717) is 4.88 Å². The van der Waals surface area contributed by atoms with Crippen LogP contribution in [0.25, 0.3) is 0 Å². The maximum atomic E-state index is 11.7. The summed E-state index contributed by atoms with van der Waals surface area (Å²) in [6.07, 6.45) is 1.63. The van der Waals surface area contributed by atoms with Crippen molar-refractivity contribution < 1.29 is 18.3 Å². The van der Waals surface area contributed by atoms with Crippen LogP contribution in [0.15, 0.2) is 16.3 Å². The molecule has 7 heteroatoms. The number of carbonyl (C=O) groups is 1. The fourth-order valence-corrected chi connectivity index (χ4v) is 3.89. The molecule has 1 aromatic heterocycles. The number of aliphatic carboxylic acids is 1. The van der Waals surface area contributed by atoms with Crippen LogP contribution in [0.2, 0.25) is 0 Å². The Morgan fingerprint density at radius 1 is 1.50 bits per heavy atom. The molecule has 16 heavy (non-hydrogen) atoms. The summed E-state index contributed by atoms with van der Waals surface area (Å²) in [6.45, 7) is 0. The van der Waals surface area contributed by atoms with E-state index in [0.717, 1.165) is 24.2 Å². The zero-order chi connectivity index (χ0) is 11.8. The largest absolute Gasteiger partial charge is 0.481 e. The highest BCUT2D eigenvalue weighted by molar-refractivity contribution is 7.91. The molecule has 0 saturated heterocycles. The molecule has 1 heterocycles. The standard InChI is InChI=1S/C9H11NO4S2/c11-8(12)5-7-3-4-9(15-7)16(13,14)10-6-1-2-6/h3-4,6,10H,1-2,5H2,(H,11,12). The molecule has 1 fully saturated rings. The van der Waals surface area contributed by atoms with Gasteiger partial charge in [0.1, 0.15) is 4.21 Å². The van der Waals surface area contributed by atoms with E-state index in [-0.39, 0.29) is 16.7 Å². The molecule has 0 spiro atoms. The summed E-state index contributed by atoms with van der Waals surface area (Å²) in [5.74, 6) is -0.957. The number of hydrogen-bond donors (Lipinski definition) is 2. The van der Waals surface area contributed by atoms with Crippen molar-refractivity contribution in [1.82, 2.24) is 4.72 Å². The molecule has 5 nitrogen and oxygen atoms in total. The third kappa shape index (κ3) is 2.81. The van der Waals surface area contributed by atoms with E-state index in [1.807, 2.05) is 0 Å². The molecule has 0 radical (unpaired) electrons. The molecular weight excluding hydrogens is 250 g/mol. The second-order valence-electron chi connectivity index (χ2n) is 3.69. The highest BCUT2D eigenvalue weighted by Gasteiger charge is 2.28. The van der Waals surface area contributed by atoms with Crippen LogP contribution in [0.3, 0.4) is 0 Å². The molecule has 0 aliphatic heterocycles. The molecular formula is C9H11NO4S2. The second kappa shape index (κ2) is 4.15. The van der Waals surface area contributed by atoms with Crippen molar-refractivity contribution >= 4 is 27.3 Å². The summed E-state index contributed by atoms with van der Waals surface area (Å²) < 4.78 is 26.2. The van der Waals surface area contributed by atoms with E-state index in [4.69, 9.17) is 5.11 Å². The van der Waals surface area contributed by atoms with Gasteiger partial charge in [0.2, 0.25) is 10.0 Å². The Hall–Kier alpha value is -0.920. The van der Waals surface area contributed by atoms with Gasteiger partial charge in [-0.05, 0) is 25.0 Å². The maximum Gasteiger partial charge on any atom is 0.308 e. The van der Waals surface area contributed by atoms with Gasteiger partial charge in [-0.15, -0.1) is 11.3 Å². The smallest absolute Gasteiger partial charge is 0.308 e. The lowest BCUT2D eigenvalue weighted by Gasteiger charge is -2.01. The summed E-state index contributed by atoms with van der Waals surface area (Å²) in [6, 6.07) is 3.06. The van der Waals surface area contributed by atoms with E-state index in [1.54, 1.807) is 6.07 Å². The normalized spacial score (nSPS) is 16.2. The molecule has 1 aliphatic rings. The zero-order valence-electron chi connectivity index (χ0n) is 8.34. The quantitative estimate of drug-likeness (QED) is 0.821. The Kier molecular flexibility index (Phi) is 3.00.